The molecule has 2 aromatic carbocycles. The number of amides is 1. The number of nitrogens with zero attached hydrogens (tertiary/aromatic N) is 1. The molecule has 1 aromatic heterocycles. The van der Waals surface area contributed by atoms with E-state index in [0.717, 1.165) is 12.1 Å². The maximum absolute atomic E-state index is 13.2. The van der Waals surface area contributed by atoms with Crippen LogP contribution in [0.5, 0.6) is 17.2 Å². The summed E-state index contributed by atoms with van der Waals surface area (Å²) >= 11 is 0. The van der Waals surface area contributed by atoms with Crippen molar-refractivity contribution in [3.63, 3.8) is 0 Å². The molecule has 1 heterocycles. The van der Waals surface area contributed by atoms with Crippen LogP contribution in [0.1, 0.15) is 16.2 Å². The van der Waals surface area contributed by atoms with Crippen LogP contribution in [0.15, 0.2) is 53.1 Å². The van der Waals surface area contributed by atoms with Gasteiger partial charge in [-0.1, -0.05) is 11.2 Å². The number of aliphatic hydroxyl groups excluding tert-OH is 1. The molecule has 0 unspecified atom stereocenters. The van der Waals surface area contributed by atoms with Crippen LogP contribution in [0.2, 0.25) is 0 Å². The van der Waals surface area contributed by atoms with Crippen LogP contribution < -0.4 is 19.5 Å². The summed E-state index contributed by atoms with van der Waals surface area (Å²) in [6.07, 6.45) is -0.960. The molecule has 0 aliphatic rings. The Morgan fingerprint density at radius 2 is 1.87 bits per heavy atom. The Labute approximate surface area is 176 Å². The first-order chi connectivity index (χ1) is 14.9. The lowest BCUT2D eigenvalue weighted by atomic mass is 10.3. The summed E-state index contributed by atoms with van der Waals surface area (Å²) in [5.74, 6) is -1.14. The molecule has 10 heteroatoms. The molecular formula is C21H20F2N2O6. The highest BCUT2D eigenvalue weighted by atomic mass is 19.2. The van der Waals surface area contributed by atoms with Gasteiger partial charge >= 0.3 is 0 Å². The van der Waals surface area contributed by atoms with E-state index in [4.69, 9.17) is 18.7 Å². The number of carbonyl (C=O) groups excluding carboxylic acids is 1. The fraction of sp³-hybridized carbons (Fsp3) is 0.238. The molecule has 0 aliphatic carbocycles. The Kier molecular flexibility index (Phi) is 7.39. The van der Waals surface area contributed by atoms with E-state index in [-0.39, 0.29) is 37.0 Å². The largest absolute Gasteiger partial charge is 0.497 e. The molecule has 0 spiro atoms. The van der Waals surface area contributed by atoms with E-state index in [2.05, 4.69) is 10.5 Å². The fourth-order valence-electron chi connectivity index (χ4n) is 2.45. The Balaban J connectivity index is 1.43. The van der Waals surface area contributed by atoms with Crippen molar-refractivity contribution in [3.05, 3.63) is 71.6 Å². The van der Waals surface area contributed by atoms with Crippen LogP contribution in [-0.2, 0) is 6.61 Å². The first kappa shape index (κ1) is 22.0. The SMILES string of the molecule is COc1cccc(OC[C@H](O)CNC(=O)c2cc(COc3ccc(F)c(F)c3)on2)c1. The van der Waals surface area contributed by atoms with Crippen molar-refractivity contribution in [2.75, 3.05) is 20.3 Å². The predicted molar refractivity (Wildman–Crippen MR) is 104 cm³/mol. The van der Waals surface area contributed by atoms with Crippen molar-refractivity contribution in [3.8, 4) is 17.2 Å². The molecular weight excluding hydrogens is 414 g/mol. The second-order valence-electron chi connectivity index (χ2n) is 6.40. The number of aliphatic hydroxyl groups is 1. The maximum atomic E-state index is 13.2. The summed E-state index contributed by atoms with van der Waals surface area (Å²) in [6, 6.07) is 11.3. The first-order valence-electron chi connectivity index (χ1n) is 9.21. The lowest BCUT2D eigenvalue weighted by Crippen LogP contribution is -2.35. The summed E-state index contributed by atoms with van der Waals surface area (Å²) in [5.41, 5.74) is -0.0233. The Hall–Kier alpha value is -3.66. The van der Waals surface area contributed by atoms with Gasteiger partial charge in [0.1, 0.15) is 36.6 Å². The average molecular weight is 434 g/mol. The molecule has 0 fully saturated rings. The van der Waals surface area contributed by atoms with Crippen molar-refractivity contribution in [2.45, 2.75) is 12.7 Å². The minimum atomic E-state index is -1.04. The molecule has 31 heavy (non-hydrogen) atoms. The summed E-state index contributed by atoms with van der Waals surface area (Å²) in [7, 11) is 1.54. The third kappa shape index (κ3) is 6.41. The Morgan fingerprint density at radius 3 is 2.65 bits per heavy atom. The van der Waals surface area contributed by atoms with E-state index in [9.17, 15) is 18.7 Å². The third-order valence-electron chi connectivity index (χ3n) is 4.05. The minimum Gasteiger partial charge on any atom is -0.497 e. The number of carbonyl (C=O) groups is 1. The van der Waals surface area contributed by atoms with E-state index >= 15 is 0 Å². The Bertz CT molecular complexity index is 1030. The predicted octanol–water partition coefficient (Wildman–Crippen LogP) is 2.71. The lowest BCUT2D eigenvalue weighted by Gasteiger charge is -2.13. The van der Waals surface area contributed by atoms with Crippen LogP contribution in [0.3, 0.4) is 0 Å². The second kappa shape index (κ2) is 10.4. The molecule has 2 N–H and O–H groups in total. The first-order valence-corrected chi connectivity index (χ1v) is 9.21. The highest BCUT2D eigenvalue weighted by Gasteiger charge is 2.15. The van der Waals surface area contributed by atoms with Crippen LogP contribution in [-0.4, -0.2) is 42.5 Å². The van der Waals surface area contributed by atoms with Gasteiger partial charge in [0, 0.05) is 24.7 Å². The summed E-state index contributed by atoms with van der Waals surface area (Å²) in [5, 5.41) is 16.1. The van der Waals surface area contributed by atoms with Crippen molar-refractivity contribution < 1.29 is 37.4 Å². The number of ether oxygens (including phenoxy) is 3. The van der Waals surface area contributed by atoms with Gasteiger partial charge in [0.05, 0.1) is 7.11 Å². The highest BCUT2D eigenvalue weighted by molar-refractivity contribution is 5.92. The number of nitrogens with one attached hydrogen (secondary N) is 1. The van der Waals surface area contributed by atoms with Gasteiger partial charge in [-0.3, -0.25) is 4.79 Å². The zero-order chi connectivity index (χ0) is 22.2. The van der Waals surface area contributed by atoms with E-state index in [1.54, 1.807) is 24.3 Å². The highest BCUT2D eigenvalue weighted by Crippen LogP contribution is 2.19. The maximum Gasteiger partial charge on any atom is 0.273 e. The topological polar surface area (TPSA) is 103 Å². The molecule has 8 nitrogen and oxygen atoms in total. The van der Waals surface area contributed by atoms with Gasteiger partial charge in [0.25, 0.3) is 5.91 Å². The van der Waals surface area contributed by atoms with E-state index in [1.807, 2.05) is 0 Å². The molecule has 1 atom stereocenters. The molecule has 0 aliphatic heterocycles. The van der Waals surface area contributed by atoms with Crippen molar-refractivity contribution in [1.82, 2.24) is 10.5 Å². The number of methoxy groups -OCH3 is 1. The van der Waals surface area contributed by atoms with Crippen LogP contribution >= 0.6 is 0 Å². The molecule has 0 saturated heterocycles. The van der Waals surface area contributed by atoms with Crippen molar-refractivity contribution in [2.24, 2.45) is 0 Å². The van der Waals surface area contributed by atoms with Gasteiger partial charge in [0.15, 0.2) is 23.1 Å². The summed E-state index contributed by atoms with van der Waals surface area (Å²) in [4.78, 5) is 12.1. The number of hydrogen-bond donors (Lipinski definition) is 2. The number of benzene rings is 2. The van der Waals surface area contributed by atoms with Crippen molar-refractivity contribution in [1.29, 1.82) is 0 Å². The van der Waals surface area contributed by atoms with Crippen molar-refractivity contribution >= 4 is 5.91 Å². The smallest absolute Gasteiger partial charge is 0.273 e. The minimum absolute atomic E-state index is 0.0233. The normalized spacial score (nSPS) is 11.6. The number of halogens is 2. The standard InChI is InChI=1S/C21H20F2N2O6/c1-28-14-3-2-4-15(7-14)29-11-13(26)10-24-21(27)20-9-17(31-25-20)12-30-16-5-6-18(22)19(23)8-16/h2-9,13,26H,10-12H2,1H3,(H,24,27)/t13-/m1/s1. The zero-order valence-electron chi connectivity index (χ0n) is 16.5. The van der Waals surface area contributed by atoms with E-state index in [1.165, 1.54) is 19.2 Å². The third-order valence-corrected chi connectivity index (χ3v) is 4.05. The molecule has 0 bridgehead atoms. The number of aromatic nitrogens is 1. The van der Waals surface area contributed by atoms with Crippen LogP contribution in [0, 0.1) is 11.6 Å². The molecule has 0 radical (unpaired) electrons. The molecule has 3 aromatic rings. The van der Waals surface area contributed by atoms with Gasteiger partial charge in [-0.15, -0.1) is 0 Å². The lowest BCUT2D eigenvalue weighted by molar-refractivity contribution is 0.0836. The quantitative estimate of drug-likeness (QED) is 0.506. The van der Waals surface area contributed by atoms with E-state index in [0.29, 0.717) is 11.5 Å². The van der Waals surface area contributed by atoms with Gasteiger partial charge in [-0.25, -0.2) is 8.78 Å². The monoisotopic (exact) mass is 434 g/mol. The molecule has 3 rings (SSSR count). The fourth-order valence-corrected chi connectivity index (χ4v) is 2.45. The van der Waals surface area contributed by atoms with Crippen LogP contribution in [0.25, 0.3) is 0 Å². The Morgan fingerprint density at radius 1 is 1.10 bits per heavy atom. The van der Waals surface area contributed by atoms with E-state index < -0.39 is 23.6 Å². The zero-order valence-corrected chi connectivity index (χ0v) is 16.5. The van der Waals surface area contributed by atoms with Gasteiger partial charge in [0.2, 0.25) is 0 Å². The molecule has 164 valence electrons. The molecule has 1 amide bonds. The summed E-state index contributed by atoms with van der Waals surface area (Å²) < 4.78 is 46.9. The van der Waals surface area contributed by atoms with Gasteiger partial charge in [-0.05, 0) is 24.3 Å². The average Bonchev–Trinajstić information content (AvgIpc) is 3.26. The van der Waals surface area contributed by atoms with Gasteiger partial charge < -0.3 is 29.2 Å². The van der Waals surface area contributed by atoms with Crippen LogP contribution in [0.4, 0.5) is 8.78 Å². The second-order valence-corrected chi connectivity index (χ2v) is 6.40. The molecule has 0 saturated carbocycles. The summed E-state index contributed by atoms with van der Waals surface area (Å²) in [6.45, 7) is -0.252. The van der Waals surface area contributed by atoms with Gasteiger partial charge in [-0.2, -0.15) is 0 Å². The number of rotatable bonds is 10. The number of hydrogen-bond acceptors (Lipinski definition) is 7.